The highest BCUT2D eigenvalue weighted by atomic mass is 16.5. The second kappa shape index (κ2) is 7.53. The minimum absolute atomic E-state index is 0.0522. The summed E-state index contributed by atoms with van der Waals surface area (Å²) in [7, 11) is 0. The van der Waals surface area contributed by atoms with E-state index < -0.39 is 30.9 Å². The van der Waals surface area contributed by atoms with E-state index in [4.69, 9.17) is 4.74 Å². The summed E-state index contributed by atoms with van der Waals surface area (Å²) in [4.78, 5) is 49.8. The number of benzene rings is 2. The van der Waals surface area contributed by atoms with Crippen LogP contribution in [0.4, 0.5) is 0 Å². The van der Waals surface area contributed by atoms with Crippen molar-refractivity contribution in [1.82, 2.24) is 4.90 Å². The Morgan fingerprint density at radius 3 is 2.59 bits per heavy atom. The maximum atomic E-state index is 12.4. The molecule has 3 rings (SSSR count). The van der Waals surface area contributed by atoms with E-state index in [1.165, 1.54) is 0 Å². The standard InChI is InChI=1S/C21H19NO5/c1-13-7-8-14(2)17(9-13)18(23)12-27-20(25)11-22-19(24)10-15-5-3-4-6-16(15)21(22)26/h3-9H,10-12H2,1-2H3. The third-order valence-corrected chi connectivity index (χ3v) is 4.48. The first kappa shape index (κ1) is 18.5. The minimum atomic E-state index is -0.797. The zero-order chi connectivity index (χ0) is 19.6. The first-order valence-electron chi connectivity index (χ1n) is 8.55. The van der Waals surface area contributed by atoms with Gasteiger partial charge in [0.05, 0.1) is 6.42 Å². The number of ether oxygens (including phenoxy) is 1. The Morgan fingerprint density at radius 1 is 1.07 bits per heavy atom. The Balaban J connectivity index is 1.63. The molecule has 0 bridgehead atoms. The molecule has 2 amide bonds. The van der Waals surface area contributed by atoms with Crippen LogP contribution in [0.2, 0.25) is 0 Å². The topological polar surface area (TPSA) is 80.8 Å². The van der Waals surface area contributed by atoms with Gasteiger partial charge in [0.25, 0.3) is 5.91 Å². The normalized spacial score (nSPS) is 13.3. The van der Waals surface area contributed by atoms with Crippen molar-refractivity contribution in [3.8, 4) is 0 Å². The number of nitrogens with zero attached hydrogens (tertiary/aromatic N) is 1. The van der Waals surface area contributed by atoms with E-state index in [0.717, 1.165) is 16.0 Å². The van der Waals surface area contributed by atoms with E-state index in [9.17, 15) is 19.2 Å². The first-order valence-corrected chi connectivity index (χ1v) is 8.55. The van der Waals surface area contributed by atoms with Crippen LogP contribution in [0.1, 0.15) is 37.4 Å². The average molecular weight is 365 g/mol. The number of fused-ring (bicyclic) bond motifs is 1. The van der Waals surface area contributed by atoms with Crippen LogP contribution in [0.25, 0.3) is 0 Å². The van der Waals surface area contributed by atoms with Crippen molar-refractivity contribution in [2.24, 2.45) is 0 Å². The summed E-state index contributed by atoms with van der Waals surface area (Å²) in [6.45, 7) is 2.73. The second-order valence-corrected chi connectivity index (χ2v) is 6.52. The lowest BCUT2D eigenvalue weighted by atomic mass is 9.98. The number of carbonyl (C=O) groups excluding carboxylic acids is 4. The maximum Gasteiger partial charge on any atom is 0.326 e. The van der Waals surface area contributed by atoms with Gasteiger partial charge in [-0.3, -0.25) is 24.1 Å². The van der Waals surface area contributed by atoms with E-state index in [0.29, 0.717) is 16.7 Å². The van der Waals surface area contributed by atoms with Gasteiger partial charge in [0.2, 0.25) is 11.7 Å². The average Bonchev–Trinajstić information content (AvgIpc) is 2.65. The summed E-state index contributed by atoms with van der Waals surface area (Å²) in [5, 5.41) is 0. The fourth-order valence-electron chi connectivity index (χ4n) is 2.99. The van der Waals surface area contributed by atoms with Crippen molar-refractivity contribution >= 4 is 23.6 Å². The molecule has 1 heterocycles. The molecule has 138 valence electrons. The molecule has 0 fully saturated rings. The monoisotopic (exact) mass is 365 g/mol. The molecule has 0 radical (unpaired) electrons. The maximum absolute atomic E-state index is 12.4. The molecule has 2 aromatic carbocycles. The van der Waals surface area contributed by atoms with Crippen molar-refractivity contribution < 1.29 is 23.9 Å². The molecular weight excluding hydrogens is 346 g/mol. The number of rotatable bonds is 5. The molecule has 0 unspecified atom stereocenters. The molecule has 2 aromatic rings. The Kier molecular flexibility index (Phi) is 5.16. The van der Waals surface area contributed by atoms with Gasteiger partial charge in [-0.25, -0.2) is 0 Å². The van der Waals surface area contributed by atoms with Crippen LogP contribution in [0.15, 0.2) is 42.5 Å². The fraction of sp³-hybridized carbons (Fsp3) is 0.238. The number of aryl methyl sites for hydroxylation is 2. The largest absolute Gasteiger partial charge is 0.456 e. The lowest BCUT2D eigenvalue weighted by Gasteiger charge is -2.25. The fourth-order valence-corrected chi connectivity index (χ4v) is 2.99. The SMILES string of the molecule is Cc1ccc(C)c(C(=O)COC(=O)CN2C(=O)Cc3ccccc3C2=O)c1. The van der Waals surface area contributed by atoms with Gasteiger partial charge in [-0.05, 0) is 37.1 Å². The predicted molar refractivity (Wildman–Crippen MR) is 97.4 cm³/mol. The van der Waals surface area contributed by atoms with Crippen LogP contribution >= 0.6 is 0 Å². The van der Waals surface area contributed by atoms with Crippen LogP contribution in [0, 0.1) is 13.8 Å². The van der Waals surface area contributed by atoms with Crippen molar-refractivity contribution in [1.29, 1.82) is 0 Å². The van der Waals surface area contributed by atoms with Gasteiger partial charge < -0.3 is 4.74 Å². The van der Waals surface area contributed by atoms with Gasteiger partial charge in [0, 0.05) is 11.1 Å². The highest BCUT2D eigenvalue weighted by Gasteiger charge is 2.32. The molecule has 0 aromatic heterocycles. The summed E-state index contributed by atoms with van der Waals surface area (Å²) in [6, 6.07) is 12.2. The smallest absolute Gasteiger partial charge is 0.326 e. The molecule has 0 saturated heterocycles. The quantitative estimate of drug-likeness (QED) is 0.461. The number of hydrogen-bond acceptors (Lipinski definition) is 5. The Hall–Kier alpha value is -3.28. The summed E-state index contributed by atoms with van der Waals surface area (Å²) in [6.07, 6.45) is 0.0522. The number of hydrogen-bond donors (Lipinski definition) is 0. The van der Waals surface area contributed by atoms with E-state index >= 15 is 0 Å². The molecule has 6 heteroatoms. The minimum Gasteiger partial charge on any atom is -0.456 e. The summed E-state index contributed by atoms with van der Waals surface area (Å²) < 4.78 is 5.01. The van der Waals surface area contributed by atoms with Crippen LogP contribution in [-0.4, -0.2) is 41.6 Å². The lowest BCUT2D eigenvalue weighted by molar-refractivity contribution is -0.146. The second-order valence-electron chi connectivity index (χ2n) is 6.52. The highest BCUT2D eigenvalue weighted by Crippen LogP contribution is 2.19. The van der Waals surface area contributed by atoms with Crippen LogP contribution in [0.3, 0.4) is 0 Å². The Labute approximate surface area is 156 Å². The van der Waals surface area contributed by atoms with Gasteiger partial charge in [-0.15, -0.1) is 0 Å². The van der Waals surface area contributed by atoms with Crippen LogP contribution < -0.4 is 0 Å². The first-order chi connectivity index (χ1) is 12.9. The molecular formula is C21H19NO5. The van der Waals surface area contributed by atoms with E-state index in [1.54, 1.807) is 37.3 Å². The molecule has 27 heavy (non-hydrogen) atoms. The van der Waals surface area contributed by atoms with Gasteiger partial charge in [0.1, 0.15) is 6.54 Å². The number of ketones is 1. The molecule has 1 aliphatic heterocycles. The Bertz CT molecular complexity index is 947. The molecule has 0 aliphatic carbocycles. The number of imide groups is 1. The molecule has 0 saturated carbocycles. The Morgan fingerprint density at radius 2 is 1.81 bits per heavy atom. The van der Waals surface area contributed by atoms with Gasteiger partial charge in [-0.1, -0.05) is 35.9 Å². The zero-order valence-electron chi connectivity index (χ0n) is 15.2. The van der Waals surface area contributed by atoms with Crippen molar-refractivity contribution in [2.75, 3.05) is 13.2 Å². The van der Waals surface area contributed by atoms with Gasteiger partial charge in [0.15, 0.2) is 6.61 Å². The van der Waals surface area contributed by atoms with Crippen LogP contribution in [-0.2, 0) is 20.7 Å². The van der Waals surface area contributed by atoms with E-state index in [1.807, 2.05) is 19.1 Å². The van der Waals surface area contributed by atoms with E-state index in [2.05, 4.69) is 0 Å². The lowest BCUT2D eigenvalue weighted by Crippen LogP contribution is -2.45. The third-order valence-electron chi connectivity index (χ3n) is 4.48. The number of carbonyl (C=O) groups is 4. The van der Waals surface area contributed by atoms with Crippen molar-refractivity contribution in [3.63, 3.8) is 0 Å². The highest BCUT2D eigenvalue weighted by molar-refractivity contribution is 6.11. The number of Topliss-reactive ketones (excluding diaryl/α,β-unsaturated/α-hetero) is 1. The van der Waals surface area contributed by atoms with E-state index in [-0.39, 0.29) is 12.2 Å². The zero-order valence-corrected chi connectivity index (χ0v) is 15.2. The summed E-state index contributed by atoms with van der Waals surface area (Å²) in [5.74, 6) is -2.11. The third kappa shape index (κ3) is 3.95. The number of esters is 1. The number of amides is 2. The molecule has 0 N–H and O–H groups in total. The van der Waals surface area contributed by atoms with Crippen molar-refractivity contribution in [3.05, 3.63) is 70.3 Å². The molecule has 6 nitrogen and oxygen atoms in total. The van der Waals surface area contributed by atoms with Gasteiger partial charge in [-0.2, -0.15) is 0 Å². The van der Waals surface area contributed by atoms with Crippen LogP contribution in [0.5, 0.6) is 0 Å². The van der Waals surface area contributed by atoms with Gasteiger partial charge >= 0.3 is 5.97 Å². The summed E-state index contributed by atoms with van der Waals surface area (Å²) >= 11 is 0. The molecule has 1 aliphatic rings. The molecule has 0 spiro atoms. The van der Waals surface area contributed by atoms with Crippen molar-refractivity contribution in [2.45, 2.75) is 20.3 Å². The predicted octanol–water partition coefficient (Wildman–Crippen LogP) is 2.25. The molecule has 0 atom stereocenters. The summed E-state index contributed by atoms with van der Waals surface area (Å²) in [5.41, 5.74) is 3.25.